The number of aliphatic hydroxyl groups excluding tert-OH is 1. The first-order chi connectivity index (χ1) is 7.00. The van der Waals surface area contributed by atoms with Crippen molar-refractivity contribution in [2.75, 3.05) is 6.61 Å². The van der Waals surface area contributed by atoms with Crippen LogP contribution in [0.4, 0.5) is 0 Å². The first-order valence-corrected chi connectivity index (χ1v) is 5.54. The van der Waals surface area contributed by atoms with Crippen LogP contribution in [0.3, 0.4) is 0 Å². The van der Waals surface area contributed by atoms with Gasteiger partial charge in [-0.25, -0.2) is 0 Å². The highest BCUT2D eigenvalue weighted by Gasteiger charge is 2.04. The molecule has 82 valence electrons. The molecule has 15 heavy (non-hydrogen) atoms. The van der Waals surface area contributed by atoms with Gasteiger partial charge in [-0.2, -0.15) is 0 Å². The van der Waals surface area contributed by atoms with Gasteiger partial charge in [0.05, 0.1) is 6.10 Å². The highest BCUT2D eigenvalue weighted by molar-refractivity contribution is 9.11. The fourth-order valence-electron chi connectivity index (χ4n) is 1.25. The minimum absolute atomic E-state index is 0.441. The standard InChI is InChI=1S/C12H15BrO2/c1-8-6-11(10(3)14)4-5-12(8)15-7-9(2)13/h4-6,10,14H,2,7H2,1,3H3/t10-/m0/s1. The zero-order valence-electron chi connectivity index (χ0n) is 8.96. The maximum atomic E-state index is 9.39. The van der Waals surface area contributed by atoms with Gasteiger partial charge in [-0.1, -0.05) is 28.6 Å². The molecule has 0 fully saturated rings. The van der Waals surface area contributed by atoms with Gasteiger partial charge in [0.15, 0.2) is 0 Å². The second-order valence-electron chi connectivity index (χ2n) is 3.51. The molecule has 1 atom stereocenters. The lowest BCUT2D eigenvalue weighted by Crippen LogP contribution is -1.99. The van der Waals surface area contributed by atoms with E-state index >= 15 is 0 Å². The lowest BCUT2D eigenvalue weighted by atomic mass is 10.1. The Bertz CT molecular complexity index is 359. The van der Waals surface area contributed by atoms with E-state index in [9.17, 15) is 5.11 Å². The minimum atomic E-state index is -0.441. The number of halogens is 1. The molecule has 1 rings (SSSR count). The van der Waals surface area contributed by atoms with Crippen molar-refractivity contribution in [3.05, 3.63) is 40.4 Å². The van der Waals surface area contributed by atoms with Gasteiger partial charge in [-0.15, -0.1) is 0 Å². The summed E-state index contributed by atoms with van der Waals surface area (Å²) in [6.45, 7) is 7.85. The van der Waals surface area contributed by atoms with E-state index in [4.69, 9.17) is 4.74 Å². The number of hydrogen-bond donors (Lipinski definition) is 1. The summed E-state index contributed by atoms with van der Waals surface area (Å²) in [7, 11) is 0. The van der Waals surface area contributed by atoms with E-state index < -0.39 is 6.10 Å². The normalized spacial score (nSPS) is 12.3. The van der Waals surface area contributed by atoms with E-state index in [0.29, 0.717) is 6.61 Å². The van der Waals surface area contributed by atoms with Crippen LogP contribution < -0.4 is 4.74 Å². The predicted octanol–water partition coefficient (Wildman–Crippen LogP) is 3.34. The van der Waals surface area contributed by atoms with E-state index in [1.54, 1.807) is 6.92 Å². The van der Waals surface area contributed by atoms with E-state index in [0.717, 1.165) is 21.4 Å². The van der Waals surface area contributed by atoms with Gasteiger partial charge in [0, 0.05) is 4.48 Å². The molecule has 1 aromatic carbocycles. The Balaban J connectivity index is 2.79. The molecule has 1 N–H and O–H groups in total. The van der Waals surface area contributed by atoms with Crippen molar-refractivity contribution in [3.63, 3.8) is 0 Å². The van der Waals surface area contributed by atoms with Crippen molar-refractivity contribution in [2.24, 2.45) is 0 Å². The fourth-order valence-corrected chi connectivity index (χ4v) is 1.36. The summed E-state index contributed by atoms with van der Waals surface area (Å²) < 4.78 is 6.31. The van der Waals surface area contributed by atoms with Crippen LogP contribution >= 0.6 is 15.9 Å². The summed E-state index contributed by atoms with van der Waals surface area (Å²) in [5.41, 5.74) is 1.92. The van der Waals surface area contributed by atoms with Gasteiger partial charge in [0.2, 0.25) is 0 Å². The average molecular weight is 271 g/mol. The largest absolute Gasteiger partial charge is 0.488 e. The van der Waals surface area contributed by atoms with Crippen molar-refractivity contribution >= 4 is 15.9 Å². The van der Waals surface area contributed by atoms with Crippen molar-refractivity contribution in [3.8, 4) is 5.75 Å². The Morgan fingerprint density at radius 2 is 2.27 bits per heavy atom. The van der Waals surface area contributed by atoms with Crippen LogP contribution in [-0.2, 0) is 0 Å². The molecule has 0 aliphatic heterocycles. The molecule has 3 heteroatoms. The van der Waals surface area contributed by atoms with E-state index in [2.05, 4.69) is 22.5 Å². The summed E-state index contributed by atoms with van der Waals surface area (Å²) in [6.07, 6.45) is -0.441. The monoisotopic (exact) mass is 270 g/mol. The number of aliphatic hydroxyl groups is 1. The van der Waals surface area contributed by atoms with Gasteiger partial charge >= 0.3 is 0 Å². The van der Waals surface area contributed by atoms with Crippen LogP contribution in [0.5, 0.6) is 5.75 Å². The summed E-state index contributed by atoms with van der Waals surface area (Å²) in [5.74, 6) is 0.819. The van der Waals surface area contributed by atoms with Crippen LogP contribution in [0.25, 0.3) is 0 Å². The second-order valence-corrected chi connectivity index (χ2v) is 4.63. The smallest absolute Gasteiger partial charge is 0.122 e. The number of ether oxygens (including phenoxy) is 1. The molecule has 0 spiro atoms. The van der Waals surface area contributed by atoms with Gasteiger partial charge in [-0.3, -0.25) is 0 Å². The molecule has 0 aromatic heterocycles. The molecule has 0 bridgehead atoms. The lowest BCUT2D eigenvalue weighted by Gasteiger charge is -2.11. The zero-order chi connectivity index (χ0) is 11.4. The maximum absolute atomic E-state index is 9.39. The third-order valence-corrected chi connectivity index (χ3v) is 2.29. The van der Waals surface area contributed by atoms with Crippen molar-refractivity contribution in [1.29, 1.82) is 0 Å². The second kappa shape index (κ2) is 5.33. The summed E-state index contributed by atoms with van der Waals surface area (Å²) in [4.78, 5) is 0. The SMILES string of the molecule is C=C(Br)COc1ccc([C@H](C)O)cc1C. The number of benzene rings is 1. The van der Waals surface area contributed by atoms with Crippen molar-refractivity contribution in [2.45, 2.75) is 20.0 Å². The van der Waals surface area contributed by atoms with Gasteiger partial charge in [0.1, 0.15) is 12.4 Å². The van der Waals surface area contributed by atoms with E-state index in [1.807, 2.05) is 25.1 Å². The molecule has 0 unspecified atom stereocenters. The number of rotatable bonds is 4. The van der Waals surface area contributed by atoms with Crippen molar-refractivity contribution in [1.82, 2.24) is 0 Å². The van der Waals surface area contributed by atoms with Gasteiger partial charge in [-0.05, 0) is 37.1 Å². The van der Waals surface area contributed by atoms with Gasteiger partial charge < -0.3 is 9.84 Å². The van der Waals surface area contributed by atoms with Crippen LogP contribution in [-0.4, -0.2) is 11.7 Å². The van der Waals surface area contributed by atoms with Crippen molar-refractivity contribution < 1.29 is 9.84 Å². The molecule has 2 nitrogen and oxygen atoms in total. The maximum Gasteiger partial charge on any atom is 0.122 e. The van der Waals surface area contributed by atoms with E-state index in [-0.39, 0.29) is 0 Å². The summed E-state index contributed by atoms with van der Waals surface area (Å²) in [5, 5.41) is 9.39. The molecular weight excluding hydrogens is 256 g/mol. The third-order valence-electron chi connectivity index (χ3n) is 2.07. The Labute approximate surface area is 98.7 Å². The van der Waals surface area contributed by atoms with E-state index in [1.165, 1.54) is 0 Å². The first kappa shape index (κ1) is 12.3. The molecular formula is C12H15BrO2. The number of hydrogen-bond acceptors (Lipinski definition) is 2. The summed E-state index contributed by atoms with van der Waals surface area (Å²) in [6, 6.07) is 5.66. The zero-order valence-corrected chi connectivity index (χ0v) is 10.5. The van der Waals surface area contributed by atoms with Crippen LogP contribution in [0.15, 0.2) is 29.3 Å². The minimum Gasteiger partial charge on any atom is -0.488 e. The Morgan fingerprint density at radius 1 is 1.60 bits per heavy atom. The molecule has 0 saturated carbocycles. The van der Waals surface area contributed by atoms with Crippen LogP contribution in [0, 0.1) is 6.92 Å². The highest BCUT2D eigenvalue weighted by Crippen LogP contribution is 2.23. The highest BCUT2D eigenvalue weighted by atomic mass is 79.9. The Hall–Kier alpha value is -0.800. The van der Waals surface area contributed by atoms with Gasteiger partial charge in [0.25, 0.3) is 0 Å². The van der Waals surface area contributed by atoms with Crippen LogP contribution in [0.1, 0.15) is 24.2 Å². The Kier molecular flexibility index (Phi) is 4.36. The molecule has 1 aromatic rings. The quantitative estimate of drug-likeness (QED) is 0.910. The molecule has 0 heterocycles. The average Bonchev–Trinajstić information content (AvgIpc) is 2.15. The molecule has 0 aliphatic carbocycles. The third kappa shape index (κ3) is 3.68. The Morgan fingerprint density at radius 3 is 2.73 bits per heavy atom. The molecule has 0 aliphatic rings. The topological polar surface area (TPSA) is 29.5 Å². The van der Waals surface area contributed by atoms with Crippen LogP contribution in [0.2, 0.25) is 0 Å². The first-order valence-electron chi connectivity index (χ1n) is 4.75. The molecule has 0 amide bonds. The summed E-state index contributed by atoms with van der Waals surface area (Å²) >= 11 is 3.23. The molecule has 0 radical (unpaired) electrons. The fraction of sp³-hybridized carbons (Fsp3) is 0.333. The predicted molar refractivity (Wildman–Crippen MR) is 65.4 cm³/mol. The molecule has 0 saturated heterocycles. The number of aryl methyl sites for hydroxylation is 1. The lowest BCUT2D eigenvalue weighted by molar-refractivity contribution is 0.199.